The number of aliphatic hydroxyl groups is 1. The van der Waals surface area contributed by atoms with Crippen LogP contribution < -0.4 is 10.6 Å². The summed E-state index contributed by atoms with van der Waals surface area (Å²) in [4.78, 5) is 4.55. The molecule has 0 aliphatic carbocycles. The monoisotopic (exact) mass is 356 g/mol. The summed E-state index contributed by atoms with van der Waals surface area (Å²) in [5, 5.41) is 17.8. The van der Waals surface area contributed by atoms with Crippen molar-refractivity contribution in [2.75, 3.05) is 31.5 Å². The molecule has 3 N–H and O–H groups in total. The highest BCUT2D eigenvalue weighted by Crippen LogP contribution is 2.38. The second kappa shape index (κ2) is 5.97. The number of hydrogen-bond donors (Lipinski definition) is 3. The van der Waals surface area contributed by atoms with E-state index in [-0.39, 0.29) is 0 Å². The van der Waals surface area contributed by atoms with Crippen LogP contribution in [-0.2, 0) is 7.05 Å². The van der Waals surface area contributed by atoms with Crippen LogP contribution in [0, 0.1) is 5.92 Å². The van der Waals surface area contributed by atoms with E-state index in [1.54, 1.807) is 0 Å². The summed E-state index contributed by atoms with van der Waals surface area (Å²) in [5.74, 6) is 0.976. The number of nitrogens with zero attached hydrogens (tertiary/aromatic N) is 3. The molecule has 130 valence electrons. The average Bonchev–Trinajstić information content (AvgIpc) is 2.89. The number of hydrogen-bond acceptors (Lipinski definition) is 3. The van der Waals surface area contributed by atoms with Gasteiger partial charge in [-0.15, -0.1) is 0 Å². The Morgan fingerprint density at radius 1 is 1.44 bits per heavy atom. The van der Waals surface area contributed by atoms with Crippen LogP contribution in [0.15, 0.2) is 24.3 Å². The zero-order valence-corrected chi connectivity index (χ0v) is 15.2. The molecule has 3 saturated heterocycles. The third-order valence-corrected chi connectivity index (χ3v) is 6.01. The van der Waals surface area contributed by atoms with E-state index in [4.69, 9.17) is 20.2 Å². The summed E-state index contributed by atoms with van der Waals surface area (Å²) in [7, 11) is 8.30. The van der Waals surface area contributed by atoms with Gasteiger partial charge < -0.3 is 24.7 Å². The molecule has 1 aromatic carbocycles. The first-order chi connectivity index (χ1) is 11.9. The highest BCUT2D eigenvalue weighted by Gasteiger charge is 2.52. The van der Waals surface area contributed by atoms with Crippen molar-refractivity contribution in [3.63, 3.8) is 0 Å². The lowest BCUT2D eigenvalue weighted by Gasteiger charge is -2.55. The molecular formula is C17H23BN5OS+. The molecule has 1 aromatic heterocycles. The van der Waals surface area contributed by atoms with Crippen LogP contribution in [0.4, 0.5) is 5.95 Å². The Kier molecular flexibility index (Phi) is 4.01. The van der Waals surface area contributed by atoms with Gasteiger partial charge >= 0.3 is 7.98 Å². The van der Waals surface area contributed by atoms with Gasteiger partial charge in [0.25, 0.3) is 0 Å². The molecular weight excluding hydrogens is 333 g/mol. The fourth-order valence-corrected chi connectivity index (χ4v) is 4.45. The molecule has 8 heteroatoms. The van der Waals surface area contributed by atoms with E-state index in [1.807, 2.05) is 35.9 Å². The molecule has 4 heterocycles. The number of piperidine rings is 3. The predicted octanol–water partition coefficient (Wildman–Crippen LogP) is 0.915. The summed E-state index contributed by atoms with van der Waals surface area (Å²) in [6.07, 6.45) is 1.94. The topological polar surface area (TPSA) is 62.1 Å². The molecule has 3 aliphatic rings. The number of imidazole rings is 1. The van der Waals surface area contributed by atoms with Crippen molar-refractivity contribution in [3.05, 3.63) is 24.3 Å². The molecule has 1 unspecified atom stereocenters. The number of aromatic nitrogens is 2. The summed E-state index contributed by atoms with van der Waals surface area (Å²) in [6, 6.07) is 7.93. The van der Waals surface area contributed by atoms with Crippen molar-refractivity contribution < 1.29 is 9.50 Å². The lowest BCUT2D eigenvalue weighted by atomic mass is 9.72. The van der Waals surface area contributed by atoms with Crippen LogP contribution in [0.2, 0.25) is 0 Å². The molecule has 1 atom stereocenters. The zero-order chi connectivity index (χ0) is 17.7. The van der Waals surface area contributed by atoms with Gasteiger partial charge in [-0.2, -0.15) is 0 Å². The van der Waals surface area contributed by atoms with Crippen molar-refractivity contribution >= 4 is 42.3 Å². The number of fused-ring (bicyclic) bond motifs is 4. The van der Waals surface area contributed by atoms with Gasteiger partial charge in [-0.1, -0.05) is 12.1 Å². The maximum Gasteiger partial charge on any atom is 0.481 e. The van der Waals surface area contributed by atoms with Crippen LogP contribution in [0.25, 0.3) is 11.0 Å². The summed E-state index contributed by atoms with van der Waals surface area (Å²) < 4.78 is 2.44. The molecule has 6 nitrogen and oxygen atoms in total. The van der Waals surface area contributed by atoms with Gasteiger partial charge in [0.1, 0.15) is 5.60 Å². The van der Waals surface area contributed by atoms with E-state index in [0.717, 1.165) is 37.0 Å². The lowest BCUT2D eigenvalue weighted by molar-refractivity contribution is -0.846. The minimum atomic E-state index is -0.802. The molecule has 0 saturated carbocycles. The molecule has 25 heavy (non-hydrogen) atoms. The minimum Gasteiger partial charge on any atom is -0.394 e. The fraction of sp³-hybridized carbons (Fsp3) is 0.529. The van der Waals surface area contributed by atoms with Gasteiger partial charge in [0.05, 0.1) is 37.2 Å². The van der Waals surface area contributed by atoms with Crippen LogP contribution in [0.1, 0.15) is 12.8 Å². The maximum absolute atomic E-state index is 11.0. The fourth-order valence-electron chi connectivity index (χ4n) is 4.29. The van der Waals surface area contributed by atoms with Gasteiger partial charge in [-0.25, -0.2) is 4.98 Å². The van der Waals surface area contributed by atoms with Crippen LogP contribution in [0.3, 0.4) is 0 Å². The number of benzene rings is 1. The van der Waals surface area contributed by atoms with E-state index < -0.39 is 5.60 Å². The van der Waals surface area contributed by atoms with E-state index in [9.17, 15) is 5.11 Å². The SMILES string of the molecule is [B][N+]12CCC(CC1)C(O)(CNC(=S)Nc1nc3ccccc3n1C)C2. The van der Waals surface area contributed by atoms with Crippen molar-refractivity contribution in [2.45, 2.75) is 18.4 Å². The van der Waals surface area contributed by atoms with Crippen molar-refractivity contribution in [1.29, 1.82) is 0 Å². The molecule has 5 rings (SSSR count). The van der Waals surface area contributed by atoms with E-state index in [0.29, 0.717) is 34.5 Å². The first-order valence-electron chi connectivity index (χ1n) is 8.72. The third-order valence-electron chi connectivity index (χ3n) is 5.76. The molecule has 0 amide bonds. The van der Waals surface area contributed by atoms with E-state index >= 15 is 0 Å². The Bertz CT molecular complexity index is 816. The number of para-hydroxylation sites is 2. The van der Waals surface area contributed by atoms with Crippen LogP contribution in [0.5, 0.6) is 0 Å². The first kappa shape index (κ1) is 16.8. The van der Waals surface area contributed by atoms with Gasteiger partial charge in [0, 0.05) is 25.8 Å². The molecule has 3 aliphatic heterocycles. The van der Waals surface area contributed by atoms with Crippen LogP contribution in [-0.4, -0.2) is 63.9 Å². The Morgan fingerprint density at radius 3 is 2.84 bits per heavy atom. The van der Waals surface area contributed by atoms with Crippen molar-refractivity contribution in [1.82, 2.24) is 14.9 Å². The number of rotatable bonds is 3. The lowest BCUT2D eigenvalue weighted by Crippen LogP contribution is -2.70. The van der Waals surface area contributed by atoms with Crippen molar-refractivity contribution in [2.24, 2.45) is 13.0 Å². The minimum absolute atomic E-state index is 0.294. The van der Waals surface area contributed by atoms with Gasteiger partial charge in [0.2, 0.25) is 5.95 Å². The largest absolute Gasteiger partial charge is 0.481 e. The Balaban J connectivity index is 1.41. The Labute approximate surface area is 154 Å². The normalized spacial score (nSPS) is 31.2. The second-order valence-corrected chi connectivity index (χ2v) is 7.90. The number of quaternary nitrogens is 1. The highest BCUT2D eigenvalue weighted by molar-refractivity contribution is 7.80. The predicted molar refractivity (Wildman–Crippen MR) is 103 cm³/mol. The molecule has 2 radical (unpaired) electrons. The first-order valence-corrected chi connectivity index (χ1v) is 9.13. The van der Waals surface area contributed by atoms with E-state index in [1.165, 1.54) is 0 Å². The molecule has 2 aromatic rings. The summed E-state index contributed by atoms with van der Waals surface area (Å²) in [5.41, 5.74) is 1.16. The zero-order valence-electron chi connectivity index (χ0n) is 14.4. The number of thiocarbonyl (C=S) groups is 1. The average molecular weight is 356 g/mol. The quantitative estimate of drug-likeness (QED) is 0.564. The number of nitrogens with one attached hydrogen (secondary N) is 2. The summed E-state index contributed by atoms with van der Waals surface area (Å²) in [6.45, 7) is 2.90. The standard InChI is InChI=1S/C17H23BN5OS/c1-22-14-5-3-2-4-13(14)20-15(22)21-16(25)19-10-17(24)11-23(18)8-6-12(17)7-9-23/h2-5,12,24H,6-11H2,1H3,(H2,19,20,21,25)/q+1. The van der Waals surface area contributed by atoms with Gasteiger partial charge in [-0.05, 0) is 24.4 Å². The summed E-state index contributed by atoms with van der Waals surface area (Å²) >= 11 is 5.41. The third kappa shape index (κ3) is 3.03. The Morgan fingerprint density at radius 2 is 2.16 bits per heavy atom. The second-order valence-electron chi connectivity index (χ2n) is 7.49. The van der Waals surface area contributed by atoms with Gasteiger partial charge in [0.15, 0.2) is 5.11 Å². The molecule has 0 spiro atoms. The maximum atomic E-state index is 11.0. The molecule has 3 fully saturated rings. The number of aryl methyl sites for hydroxylation is 1. The number of anilines is 1. The van der Waals surface area contributed by atoms with E-state index in [2.05, 4.69) is 15.6 Å². The van der Waals surface area contributed by atoms with Gasteiger partial charge in [-0.3, -0.25) is 0 Å². The smallest absolute Gasteiger partial charge is 0.394 e. The molecule has 2 bridgehead atoms. The Hall–Kier alpha value is -1.64. The van der Waals surface area contributed by atoms with Crippen LogP contribution >= 0.6 is 12.2 Å². The highest BCUT2D eigenvalue weighted by atomic mass is 32.1. The van der Waals surface area contributed by atoms with Crippen molar-refractivity contribution in [3.8, 4) is 0 Å².